The van der Waals surface area contributed by atoms with Gasteiger partial charge in [0.25, 0.3) is 11.8 Å². The van der Waals surface area contributed by atoms with Crippen molar-refractivity contribution in [1.82, 2.24) is 5.06 Å². The normalized spacial score (nSPS) is 14.3. The number of carbonyl (C=O) groups excluding carboxylic acids is 4. The summed E-state index contributed by atoms with van der Waals surface area (Å²) in [6, 6.07) is 10.5. The highest BCUT2D eigenvalue weighted by Gasteiger charge is 2.33. The average Bonchev–Trinajstić information content (AvgIpc) is 3.15. The molecular formula is C25H17FN2O8. The van der Waals surface area contributed by atoms with E-state index in [9.17, 15) is 33.8 Å². The van der Waals surface area contributed by atoms with E-state index in [2.05, 4.69) is 0 Å². The van der Waals surface area contributed by atoms with E-state index in [4.69, 9.17) is 9.57 Å². The number of rotatable bonds is 3. The molecule has 0 saturated carbocycles. The summed E-state index contributed by atoms with van der Waals surface area (Å²) in [4.78, 5) is 54.2. The highest BCUT2D eigenvalue weighted by atomic mass is 19.1. The zero-order chi connectivity index (χ0) is 25.7. The number of phenols is 2. The Morgan fingerprint density at radius 2 is 1.50 bits per heavy atom. The number of imide groups is 1. The Morgan fingerprint density at radius 3 is 2.11 bits per heavy atom. The Balaban J connectivity index is 1.47. The Hall–Kier alpha value is -4.93. The molecule has 0 unspecified atom stereocenters. The number of halogens is 1. The number of aromatic hydroxyl groups is 2. The number of phenolic OH excluding ortho intramolecular Hbond substituents is 2. The summed E-state index contributed by atoms with van der Waals surface area (Å²) in [5, 5.41) is 20.8. The number of hydrogen-bond acceptors (Lipinski definition) is 8. The van der Waals surface area contributed by atoms with Gasteiger partial charge in [-0.05, 0) is 23.8 Å². The van der Waals surface area contributed by atoms with Gasteiger partial charge in [-0.25, -0.2) is 9.18 Å². The van der Waals surface area contributed by atoms with Crippen LogP contribution in [0.2, 0.25) is 0 Å². The number of ether oxygens (including phenoxy) is 1. The van der Waals surface area contributed by atoms with Crippen LogP contribution in [0, 0.1) is 5.82 Å². The van der Waals surface area contributed by atoms with Gasteiger partial charge in [0.05, 0.1) is 16.9 Å². The number of nitrogens with zero attached hydrogens (tertiary/aromatic N) is 2. The fraction of sp³-hybridized carbons (Fsp3) is 0.120. The highest BCUT2D eigenvalue weighted by Crippen LogP contribution is 2.51. The van der Waals surface area contributed by atoms with E-state index < -0.39 is 35.3 Å². The van der Waals surface area contributed by atoms with E-state index >= 15 is 0 Å². The predicted octanol–water partition coefficient (Wildman–Crippen LogP) is 3.92. The molecule has 3 aromatic rings. The molecule has 0 atom stereocenters. The van der Waals surface area contributed by atoms with Crippen LogP contribution >= 0.6 is 0 Å². The summed E-state index contributed by atoms with van der Waals surface area (Å²) in [5.41, 5.74) is 1.08. The zero-order valence-electron chi connectivity index (χ0n) is 18.6. The van der Waals surface area contributed by atoms with Gasteiger partial charge in [0.2, 0.25) is 5.91 Å². The van der Waals surface area contributed by atoms with E-state index in [1.54, 1.807) is 0 Å². The third-order valence-electron chi connectivity index (χ3n) is 5.73. The molecule has 2 N–H and O–H groups in total. The number of amides is 3. The molecule has 3 amide bonds. The van der Waals surface area contributed by atoms with Crippen LogP contribution in [0.25, 0.3) is 11.1 Å². The molecule has 0 radical (unpaired) electrons. The van der Waals surface area contributed by atoms with Crippen molar-refractivity contribution < 1.29 is 43.4 Å². The number of hydroxylamine groups is 2. The van der Waals surface area contributed by atoms with Crippen molar-refractivity contribution in [2.75, 3.05) is 4.90 Å². The second-order valence-corrected chi connectivity index (χ2v) is 8.10. The Labute approximate surface area is 202 Å². The summed E-state index contributed by atoms with van der Waals surface area (Å²) >= 11 is 0. The van der Waals surface area contributed by atoms with Crippen LogP contribution in [-0.2, 0) is 19.2 Å². The molecule has 0 aliphatic carbocycles. The van der Waals surface area contributed by atoms with Gasteiger partial charge >= 0.3 is 5.97 Å². The van der Waals surface area contributed by atoms with Gasteiger partial charge in [-0.15, -0.1) is 5.06 Å². The lowest BCUT2D eigenvalue weighted by molar-refractivity contribution is -0.172. The molecule has 0 bridgehead atoms. The van der Waals surface area contributed by atoms with Crippen molar-refractivity contribution in [3.8, 4) is 34.1 Å². The van der Waals surface area contributed by atoms with Crippen molar-refractivity contribution >= 4 is 35.1 Å². The average molecular weight is 492 g/mol. The molecule has 2 heterocycles. The molecule has 0 spiro atoms. The molecule has 10 nitrogen and oxygen atoms in total. The number of benzene rings is 3. The third-order valence-corrected chi connectivity index (χ3v) is 5.73. The van der Waals surface area contributed by atoms with Crippen molar-refractivity contribution in [1.29, 1.82) is 0 Å². The van der Waals surface area contributed by atoms with Gasteiger partial charge in [0.1, 0.15) is 5.75 Å². The first-order chi connectivity index (χ1) is 17.1. The maximum atomic E-state index is 14.0. The number of hydrogen-bond donors (Lipinski definition) is 2. The van der Waals surface area contributed by atoms with Gasteiger partial charge < -0.3 is 19.8 Å². The number of carbonyl (C=O) groups is 4. The SMILES string of the molecule is CC(=O)N1c2cc(F)c(O)cc2Oc2cc(O)c(-c3ccc(C(=O)ON4C(=O)CCC4=O)cc3)cc21. The smallest absolute Gasteiger partial charge is 0.363 e. The fourth-order valence-electron chi connectivity index (χ4n) is 4.00. The minimum absolute atomic E-state index is 0.0259. The van der Waals surface area contributed by atoms with Crippen molar-refractivity contribution in [3.05, 3.63) is 59.9 Å². The molecule has 0 aromatic heterocycles. The lowest BCUT2D eigenvalue weighted by Gasteiger charge is -2.31. The van der Waals surface area contributed by atoms with Gasteiger partial charge in [-0.1, -0.05) is 12.1 Å². The summed E-state index contributed by atoms with van der Waals surface area (Å²) < 4.78 is 19.7. The fourth-order valence-corrected chi connectivity index (χ4v) is 4.00. The number of fused-ring (bicyclic) bond motifs is 2. The first-order valence-corrected chi connectivity index (χ1v) is 10.7. The van der Waals surface area contributed by atoms with E-state index in [1.807, 2.05) is 0 Å². The van der Waals surface area contributed by atoms with Crippen LogP contribution in [-0.4, -0.2) is 39.0 Å². The molecule has 1 fully saturated rings. The zero-order valence-corrected chi connectivity index (χ0v) is 18.6. The largest absolute Gasteiger partial charge is 0.507 e. The summed E-state index contributed by atoms with van der Waals surface area (Å²) in [5.74, 6) is -4.24. The van der Waals surface area contributed by atoms with Gasteiger partial charge in [-0.2, -0.15) is 0 Å². The molecule has 2 aliphatic rings. The summed E-state index contributed by atoms with van der Waals surface area (Å²) in [6.45, 7) is 1.27. The van der Waals surface area contributed by atoms with Crippen LogP contribution in [0.1, 0.15) is 30.1 Å². The summed E-state index contributed by atoms with van der Waals surface area (Å²) in [7, 11) is 0. The second-order valence-electron chi connectivity index (χ2n) is 8.10. The van der Waals surface area contributed by atoms with Crippen LogP contribution in [0.4, 0.5) is 15.8 Å². The Morgan fingerprint density at radius 1 is 0.917 bits per heavy atom. The lowest BCUT2D eigenvalue weighted by Crippen LogP contribution is -2.32. The quantitative estimate of drug-likeness (QED) is 0.526. The Kier molecular flexibility index (Phi) is 5.32. The van der Waals surface area contributed by atoms with Crippen LogP contribution < -0.4 is 9.64 Å². The molecule has 11 heteroatoms. The topological polar surface area (TPSA) is 134 Å². The second kappa shape index (κ2) is 8.38. The molecule has 36 heavy (non-hydrogen) atoms. The van der Waals surface area contributed by atoms with E-state index in [0.717, 1.165) is 12.1 Å². The maximum Gasteiger partial charge on any atom is 0.363 e. The van der Waals surface area contributed by atoms with Gasteiger partial charge in [0.15, 0.2) is 23.1 Å². The summed E-state index contributed by atoms with van der Waals surface area (Å²) in [6.07, 6.45) is -0.0517. The van der Waals surface area contributed by atoms with Crippen LogP contribution in [0.15, 0.2) is 48.5 Å². The Bertz CT molecular complexity index is 1450. The number of anilines is 2. The molecular weight excluding hydrogens is 475 g/mol. The van der Waals surface area contributed by atoms with E-state index in [1.165, 1.54) is 48.2 Å². The van der Waals surface area contributed by atoms with Crippen molar-refractivity contribution in [2.24, 2.45) is 0 Å². The molecule has 1 saturated heterocycles. The first-order valence-electron chi connectivity index (χ1n) is 10.7. The standard InChI is InChI=1S/C25H17FN2O8/c1-12(29)27-17-8-15(19(30)10-21(17)35-22-11-20(31)16(26)9-18(22)27)13-2-4-14(5-3-13)25(34)36-28-23(32)6-7-24(28)33/h2-5,8-11,30-31H,6-7H2,1H3. The molecule has 3 aromatic carbocycles. The van der Waals surface area contributed by atoms with Crippen molar-refractivity contribution in [2.45, 2.75) is 19.8 Å². The molecule has 2 aliphatic heterocycles. The first kappa shape index (κ1) is 22.8. The minimum atomic E-state index is -0.939. The predicted molar refractivity (Wildman–Crippen MR) is 121 cm³/mol. The molecule has 182 valence electrons. The third kappa shape index (κ3) is 3.76. The monoisotopic (exact) mass is 492 g/mol. The molecule has 5 rings (SSSR count). The highest BCUT2D eigenvalue weighted by molar-refractivity contribution is 6.05. The van der Waals surface area contributed by atoms with Crippen LogP contribution in [0.5, 0.6) is 23.0 Å². The van der Waals surface area contributed by atoms with Crippen LogP contribution in [0.3, 0.4) is 0 Å². The van der Waals surface area contributed by atoms with Gasteiger partial charge in [0, 0.05) is 43.5 Å². The lowest BCUT2D eigenvalue weighted by atomic mass is 10.0. The minimum Gasteiger partial charge on any atom is -0.507 e. The van der Waals surface area contributed by atoms with Crippen molar-refractivity contribution in [3.63, 3.8) is 0 Å². The van der Waals surface area contributed by atoms with E-state index in [0.29, 0.717) is 10.6 Å². The van der Waals surface area contributed by atoms with Gasteiger partial charge in [-0.3, -0.25) is 19.3 Å². The maximum absolute atomic E-state index is 14.0. The van der Waals surface area contributed by atoms with E-state index in [-0.39, 0.29) is 52.6 Å².